The van der Waals surface area contributed by atoms with E-state index in [-0.39, 0.29) is 5.91 Å². The summed E-state index contributed by atoms with van der Waals surface area (Å²) in [5.74, 6) is 0.587. The SMILES string of the molecule is CNC(=O)CCOc1cccc(C(C)=NO)c1. The molecule has 0 saturated heterocycles. The number of oxime groups is 1. The van der Waals surface area contributed by atoms with Crippen molar-refractivity contribution < 1.29 is 14.7 Å². The lowest BCUT2D eigenvalue weighted by atomic mass is 10.1. The number of amides is 1. The van der Waals surface area contributed by atoms with Gasteiger partial charge in [0.2, 0.25) is 5.91 Å². The number of benzene rings is 1. The van der Waals surface area contributed by atoms with Crippen LogP contribution in [0.15, 0.2) is 29.4 Å². The third-order valence-electron chi connectivity index (χ3n) is 2.28. The van der Waals surface area contributed by atoms with E-state index < -0.39 is 0 Å². The molecule has 17 heavy (non-hydrogen) atoms. The molecule has 0 aliphatic carbocycles. The Kier molecular flexibility index (Phi) is 5.00. The summed E-state index contributed by atoms with van der Waals surface area (Å²) in [7, 11) is 1.59. The molecule has 0 atom stereocenters. The van der Waals surface area contributed by atoms with Gasteiger partial charge in [-0.2, -0.15) is 0 Å². The quantitative estimate of drug-likeness (QED) is 0.461. The van der Waals surface area contributed by atoms with Gasteiger partial charge in [0.1, 0.15) is 5.75 Å². The summed E-state index contributed by atoms with van der Waals surface area (Å²) in [5, 5.41) is 14.3. The normalized spacial score (nSPS) is 11.1. The molecular formula is C12H16N2O3. The molecule has 5 nitrogen and oxygen atoms in total. The van der Waals surface area contributed by atoms with Crippen LogP contribution in [0, 0.1) is 0 Å². The zero-order valence-electron chi connectivity index (χ0n) is 9.93. The molecule has 1 rings (SSSR count). The summed E-state index contributed by atoms with van der Waals surface area (Å²) in [5.41, 5.74) is 1.30. The first-order valence-corrected chi connectivity index (χ1v) is 5.30. The van der Waals surface area contributed by atoms with Gasteiger partial charge in [0.25, 0.3) is 0 Å². The summed E-state index contributed by atoms with van der Waals surface area (Å²) in [4.78, 5) is 11.0. The highest BCUT2D eigenvalue weighted by Gasteiger charge is 2.02. The zero-order chi connectivity index (χ0) is 12.7. The van der Waals surface area contributed by atoms with Gasteiger partial charge in [-0.1, -0.05) is 17.3 Å². The summed E-state index contributed by atoms with van der Waals surface area (Å²) >= 11 is 0. The molecule has 92 valence electrons. The van der Waals surface area contributed by atoms with Gasteiger partial charge in [-0.25, -0.2) is 0 Å². The van der Waals surface area contributed by atoms with Crippen LogP contribution >= 0.6 is 0 Å². The molecule has 0 spiro atoms. The lowest BCUT2D eigenvalue weighted by Crippen LogP contribution is -2.20. The maximum absolute atomic E-state index is 11.0. The largest absolute Gasteiger partial charge is 0.493 e. The van der Waals surface area contributed by atoms with E-state index in [4.69, 9.17) is 9.94 Å². The average molecular weight is 236 g/mol. The fourth-order valence-corrected chi connectivity index (χ4v) is 1.26. The van der Waals surface area contributed by atoms with Gasteiger partial charge in [-0.15, -0.1) is 0 Å². The fraction of sp³-hybridized carbons (Fsp3) is 0.333. The Morgan fingerprint density at radius 1 is 1.53 bits per heavy atom. The van der Waals surface area contributed by atoms with Crippen molar-refractivity contribution in [3.63, 3.8) is 0 Å². The van der Waals surface area contributed by atoms with E-state index in [2.05, 4.69) is 10.5 Å². The molecule has 1 aromatic carbocycles. The number of carbonyl (C=O) groups excluding carboxylic acids is 1. The minimum absolute atomic E-state index is 0.0609. The van der Waals surface area contributed by atoms with Crippen LogP contribution in [0.1, 0.15) is 18.9 Å². The summed E-state index contributed by atoms with van der Waals surface area (Å²) in [6.45, 7) is 2.02. The number of rotatable bonds is 5. The maximum atomic E-state index is 11.0. The molecule has 0 radical (unpaired) electrons. The second-order valence-electron chi connectivity index (χ2n) is 3.48. The standard InChI is InChI=1S/C12H16N2O3/c1-9(14-16)10-4-3-5-11(8-10)17-7-6-12(15)13-2/h3-5,8,16H,6-7H2,1-2H3,(H,13,15). The van der Waals surface area contributed by atoms with Crippen LogP contribution in [0.3, 0.4) is 0 Å². The number of hydrogen-bond donors (Lipinski definition) is 2. The van der Waals surface area contributed by atoms with Gasteiger partial charge in [-0.3, -0.25) is 4.79 Å². The van der Waals surface area contributed by atoms with Crippen molar-refractivity contribution in [3.05, 3.63) is 29.8 Å². The van der Waals surface area contributed by atoms with Crippen LogP contribution in [0.25, 0.3) is 0 Å². The van der Waals surface area contributed by atoms with E-state index in [0.29, 0.717) is 24.5 Å². The van der Waals surface area contributed by atoms with E-state index in [1.165, 1.54) is 0 Å². The molecule has 0 bridgehead atoms. The van der Waals surface area contributed by atoms with E-state index in [9.17, 15) is 4.79 Å². The van der Waals surface area contributed by atoms with E-state index in [1.54, 1.807) is 32.2 Å². The lowest BCUT2D eigenvalue weighted by Gasteiger charge is -2.07. The number of ether oxygens (including phenoxy) is 1. The van der Waals surface area contributed by atoms with Crippen LogP contribution in [0.2, 0.25) is 0 Å². The van der Waals surface area contributed by atoms with Crippen molar-refractivity contribution >= 4 is 11.6 Å². The molecule has 0 unspecified atom stereocenters. The topological polar surface area (TPSA) is 70.9 Å². The number of hydrogen-bond acceptors (Lipinski definition) is 4. The van der Waals surface area contributed by atoms with Crippen LogP contribution in [0.4, 0.5) is 0 Å². The van der Waals surface area contributed by atoms with Crippen molar-refractivity contribution in [1.29, 1.82) is 0 Å². The van der Waals surface area contributed by atoms with Crippen molar-refractivity contribution in [1.82, 2.24) is 5.32 Å². The first kappa shape index (κ1) is 13.0. The summed E-state index contributed by atoms with van der Waals surface area (Å²) < 4.78 is 5.42. The first-order valence-electron chi connectivity index (χ1n) is 5.30. The second kappa shape index (κ2) is 6.52. The predicted octanol–water partition coefficient (Wildman–Crippen LogP) is 1.40. The Bertz CT molecular complexity index is 416. The van der Waals surface area contributed by atoms with Gasteiger partial charge < -0.3 is 15.3 Å². The minimum Gasteiger partial charge on any atom is -0.493 e. The van der Waals surface area contributed by atoms with Gasteiger partial charge in [0.05, 0.1) is 18.7 Å². The van der Waals surface area contributed by atoms with Crippen LogP contribution in [-0.2, 0) is 4.79 Å². The van der Waals surface area contributed by atoms with E-state index >= 15 is 0 Å². The molecule has 2 N–H and O–H groups in total. The Labute approximate surface area is 100 Å². The number of nitrogens with one attached hydrogen (secondary N) is 1. The van der Waals surface area contributed by atoms with E-state index in [1.807, 2.05) is 6.07 Å². The molecule has 0 aromatic heterocycles. The predicted molar refractivity (Wildman–Crippen MR) is 64.6 cm³/mol. The second-order valence-corrected chi connectivity index (χ2v) is 3.48. The maximum Gasteiger partial charge on any atom is 0.223 e. The Balaban J connectivity index is 2.57. The molecular weight excluding hydrogens is 220 g/mol. The Hall–Kier alpha value is -2.04. The van der Waals surface area contributed by atoms with Gasteiger partial charge in [0.15, 0.2) is 0 Å². The minimum atomic E-state index is -0.0609. The molecule has 1 aromatic rings. The number of nitrogens with zero attached hydrogens (tertiary/aromatic N) is 1. The molecule has 1 amide bonds. The van der Waals surface area contributed by atoms with Crippen LogP contribution < -0.4 is 10.1 Å². The first-order chi connectivity index (χ1) is 8.17. The van der Waals surface area contributed by atoms with Crippen molar-refractivity contribution in [2.45, 2.75) is 13.3 Å². The summed E-state index contributed by atoms with van der Waals surface area (Å²) in [6, 6.07) is 7.18. The molecule has 0 aliphatic rings. The van der Waals surface area contributed by atoms with Crippen molar-refractivity contribution in [3.8, 4) is 5.75 Å². The van der Waals surface area contributed by atoms with E-state index in [0.717, 1.165) is 5.56 Å². The third kappa shape index (κ3) is 4.14. The zero-order valence-corrected chi connectivity index (χ0v) is 9.93. The molecule has 0 heterocycles. The Morgan fingerprint density at radius 2 is 2.29 bits per heavy atom. The smallest absolute Gasteiger partial charge is 0.223 e. The number of carbonyl (C=O) groups is 1. The summed E-state index contributed by atoms with van der Waals surface area (Å²) in [6.07, 6.45) is 0.313. The lowest BCUT2D eigenvalue weighted by molar-refractivity contribution is -0.121. The molecule has 0 saturated carbocycles. The molecule has 5 heteroatoms. The third-order valence-corrected chi connectivity index (χ3v) is 2.28. The van der Waals surface area contributed by atoms with Crippen LogP contribution in [-0.4, -0.2) is 30.5 Å². The highest BCUT2D eigenvalue weighted by Crippen LogP contribution is 2.14. The average Bonchev–Trinajstić information content (AvgIpc) is 2.38. The van der Waals surface area contributed by atoms with Crippen molar-refractivity contribution in [2.75, 3.05) is 13.7 Å². The molecule has 0 aliphatic heterocycles. The highest BCUT2D eigenvalue weighted by molar-refractivity contribution is 5.98. The van der Waals surface area contributed by atoms with Gasteiger partial charge in [0, 0.05) is 12.6 Å². The van der Waals surface area contributed by atoms with Crippen LogP contribution in [0.5, 0.6) is 5.75 Å². The highest BCUT2D eigenvalue weighted by atomic mass is 16.5. The van der Waals surface area contributed by atoms with Gasteiger partial charge >= 0.3 is 0 Å². The monoisotopic (exact) mass is 236 g/mol. The van der Waals surface area contributed by atoms with Crippen molar-refractivity contribution in [2.24, 2.45) is 5.16 Å². The molecule has 0 fully saturated rings. The van der Waals surface area contributed by atoms with Gasteiger partial charge in [-0.05, 0) is 19.1 Å². The Morgan fingerprint density at radius 3 is 2.94 bits per heavy atom. The fourth-order valence-electron chi connectivity index (χ4n) is 1.26.